The molecule has 0 atom stereocenters. The lowest BCUT2D eigenvalue weighted by atomic mass is 10.2. The highest BCUT2D eigenvalue weighted by Gasteiger charge is 1.86. The molecule has 0 aliphatic rings. The van der Waals surface area contributed by atoms with Gasteiger partial charge in [-0.25, -0.2) is 0 Å². The van der Waals surface area contributed by atoms with Crippen molar-refractivity contribution in [3.05, 3.63) is 30.3 Å². The smallest absolute Gasteiger partial charge is 0.115 e. The number of hydrogen-bond acceptors (Lipinski definition) is 2. The van der Waals surface area contributed by atoms with Gasteiger partial charge in [0.05, 0.1) is 0 Å². The molecule has 0 saturated carbocycles. The molecule has 0 radical (unpaired) electrons. The Hall–Kier alpha value is -1.02. The number of phenols is 1. The second kappa shape index (κ2) is 9.53. The first kappa shape index (κ1) is 14.0. The van der Waals surface area contributed by atoms with E-state index in [0.717, 1.165) is 0 Å². The summed E-state index contributed by atoms with van der Waals surface area (Å²) in [4.78, 5) is 2.23. The predicted octanol–water partition coefficient (Wildman–Crippen LogP) is 3.13. The molecule has 1 aromatic carbocycles. The summed E-state index contributed by atoms with van der Waals surface area (Å²) < 4.78 is 0. The highest BCUT2D eigenvalue weighted by atomic mass is 16.3. The first-order valence-electron chi connectivity index (χ1n) is 5.55. The van der Waals surface area contributed by atoms with Gasteiger partial charge in [-0.1, -0.05) is 38.0 Å². The van der Waals surface area contributed by atoms with Gasteiger partial charge in [-0.2, -0.15) is 0 Å². The molecule has 0 unspecified atom stereocenters. The fraction of sp³-hybridized carbons (Fsp3) is 0.538. The fourth-order valence-corrected chi connectivity index (χ4v) is 1.11. The van der Waals surface area contributed by atoms with Gasteiger partial charge in [-0.3, -0.25) is 0 Å². The Morgan fingerprint density at radius 3 is 2.00 bits per heavy atom. The highest BCUT2D eigenvalue weighted by molar-refractivity contribution is 5.18. The number of benzene rings is 1. The van der Waals surface area contributed by atoms with Crippen LogP contribution in [0.5, 0.6) is 5.75 Å². The zero-order valence-corrected chi connectivity index (χ0v) is 10.1. The molecule has 0 saturated heterocycles. The minimum absolute atomic E-state index is 0.322. The van der Waals surface area contributed by atoms with Crippen LogP contribution in [0.4, 0.5) is 0 Å². The number of para-hydroxylation sites is 1. The van der Waals surface area contributed by atoms with Crippen molar-refractivity contribution < 1.29 is 5.11 Å². The van der Waals surface area contributed by atoms with Crippen molar-refractivity contribution in [2.45, 2.75) is 26.2 Å². The Bertz CT molecular complexity index is 221. The Balaban J connectivity index is 0.000000262. The molecule has 0 aliphatic carbocycles. The lowest BCUT2D eigenvalue weighted by molar-refractivity contribution is 0.393. The van der Waals surface area contributed by atoms with Gasteiger partial charge in [0, 0.05) is 0 Å². The molecule has 2 nitrogen and oxygen atoms in total. The molecule has 1 N–H and O–H groups in total. The van der Waals surface area contributed by atoms with E-state index < -0.39 is 0 Å². The van der Waals surface area contributed by atoms with E-state index in [1.807, 2.05) is 6.07 Å². The van der Waals surface area contributed by atoms with Gasteiger partial charge in [-0.05, 0) is 39.2 Å². The molecular formula is C13H23NO. The first-order valence-corrected chi connectivity index (χ1v) is 5.55. The largest absolute Gasteiger partial charge is 0.508 e. The zero-order chi connectivity index (χ0) is 11.5. The van der Waals surface area contributed by atoms with E-state index in [0.29, 0.717) is 5.75 Å². The van der Waals surface area contributed by atoms with Crippen LogP contribution in [0.3, 0.4) is 0 Å². The summed E-state index contributed by atoms with van der Waals surface area (Å²) in [7, 11) is 4.24. The number of hydrogen-bond donors (Lipinski definition) is 1. The monoisotopic (exact) mass is 209 g/mol. The van der Waals surface area contributed by atoms with E-state index >= 15 is 0 Å². The second-order valence-corrected chi connectivity index (χ2v) is 3.85. The number of unbranched alkanes of at least 4 members (excludes halogenated alkanes) is 2. The van der Waals surface area contributed by atoms with Crippen LogP contribution in [0.25, 0.3) is 0 Å². The Morgan fingerprint density at radius 2 is 1.67 bits per heavy atom. The van der Waals surface area contributed by atoms with Crippen LogP contribution in [0.15, 0.2) is 30.3 Å². The standard InChI is InChI=1S/C7H17N.C6H6O/c1-4-5-6-7-8(2)3;7-6-4-2-1-3-5-6/h4-7H2,1-3H3;1-5,7H. The van der Waals surface area contributed by atoms with Crippen LogP contribution in [-0.2, 0) is 0 Å². The summed E-state index contributed by atoms with van der Waals surface area (Å²) in [6, 6.07) is 8.71. The van der Waals surface area contributed by atoms with Gasteiger partial charge in [0.15, 0.2) is 0 Å². The van der Waals surface area contributed by atoms with E-state index in [4.69, 9.17) is 5.11 Å². The average Bonchev–Trinajstić information content (AvgIpc) is 2.20. The molecule has 0 spiro atoms. The van der Waals surface area contributed by atoms with Crippen LogP contribution >= 0.6 is 0 Å². The Kier molecular flexibility index (Phi) is 8.88. The molecular weight excluding hydrogens is 186 g/mol. The summed E-state index contributed by atoms with van der Waals surface area (Å²) in [5.74, 6) is 0.322. The molecule has 2 heteroatoms. The van der Waals surface area contributed by atoms with Crippen molar-refractivity contribution >= 4 is 0 Å². The molecule has 0 heterocycles. The van der Waals surface area contributed by atoms with E-state index in [2.05, 4.69) is 25.9 Å². The third-order valence-electron chi connectivity index (χ3n) is 1.97. The predicted molar refractivity (Wildman–Crippen MR) is 66.2 cm³/mol. The van der Waals surface area contributed by atoms with Crippen LogP contribution in [0.1, 0.15) is 26.2 Å². The summed E-state index contributed by atoms with van der Waals surface area (Å²) in [5, 5.41) is 8.63. The quantitative estimate of drug-likeness (QED) is 0.770. The zero-order valence-electron chi connectivity index (χ0n) is 10.1. The van der Waals surface area contributed by atoms with Crippen LogP contribution in [-0.4, -0.2) is 30.6 Å². The topological polar surface area (TPSA) is 23.5 Å². The lowest BCUT2D eigenvalue weighted by Gasteiger charge is -2.06. The summed E-state index contributed by atoms with van der Waals surface area (Å²) in [6.45, 7) is 3.48. The molecule has 1 rings (SSSR count). The van der Waals surface area contributed by atoms with Gasteiger partial charge in [0.25, 0.3) is 0 Å². The van der Waals surface area contributed by atoms with E-state index in [-0.39, 0.29) is 0 Å². The second-order valence-electron chi connectivity index (χ2n) is 3.85. The fourth-order valence-electron chi connectivity index (χ4n) is 1.11. The number of phenolic OH excluding ortho intramolecular Hbond substituents is 1. The van der Waals surface area contributed by atoms with Gasteiger partial charge in [0.1, 0.15) is 5.75 Å². The minimum Gasteiger partial charge on any atom is -0.508 e. The number of aromatic hydroxyl groups is 1. The Labute approximate surface area is 93.5 Å². The summed E-state index contributed by atoms with van der Waals surface area (Å²) in [6.07, 6.45) is 4.05. The SMILES string of the molecule is CCCCCN(C)C.Oc1ccccc1. The maximum Gasteiger partial charge on any atom is 0.115 e. The van der Waals surface area contributed by atoms with E-state index in [1.165, 1.54) is 25.8 Å². The van der Waals surface area contributed by atoms with Crippen molar-refractivity contribution in [2.24, 2.45) is 0 Å². The molecule has 15 heavy (non-hydrogen) atoms. The lowest BCUT2D eigenvalue weighted by Crippen LogP contribution is -2.12. The molecule has 0 aromatic heterocycles. The third kappa shape index (κ3) is 10.9. The molecule has 0 amide bonds. The van der Waals surface area contributed by atoms with Gasteiger partial charge < -0.3 is 10.0 Å². The van der Waals surface area contributed by atoms with Crippen LogP contribution in [0.2, 0.25) is 0 Å². The van der Waals surface area contributed by atoms with Crippen molar-refractivity contribution in [1.29, 1.82) is 0 Å². The van der Waals surface area contributed by atoms with Gasteiger partial charge in [-0.15, -0.1) is 0 Å². The average molecular weight is 209 g/mol. The van der Waals surface area contributed by atoms with Gasteiger partial charge >= 0.3 is 0 Å². The van der Waals surface area contributed by atoms with E-state index in [1.54, 1.807) is 24.3 Å². The summed E-state index contributed by atoms with van der Waals surface area (Å²) >= 11 is 0. The molecule has 0 bridgehead atoms. The normalized spacial score (nSPS) is 9.60. The molecule has 86 valence electrons. The van der Waals surface area contributed by atoms with Crippen LogP contribution < -0.4 is 0 Å². The van der Waals surface area contributed by atoms with Crippen LogP contribution in [0, 0.1) is 0 Å². The van der Waals surface area contributed by atoms with Gasteiger partial charge in [0.2, 0.25) is 0 Å². The molecule has 0 fully saturated rings. The maximum atomic E-state index is 8.63. The summed E-state index contributed by atoms with van der Waals surface area (Å²) in [5.41, 5.74) is 0. The minimum atomic E-state index is 0.322. The van der Waals surface area contributed by atoms with Crippen molar-refractivity contribution in [3.63, 3.8) is 0 Å². The number of rotatable bonds is 4. The van der Waals surface area contributed by atoms with Crippen molar-refractivity contribution in [2.75, 3.05) is 20.6 Å². The molecule has 0 aliphatic heterocycles. The van der Waals surface area contributed by atoms with Crippen molar-refractivity contribution in [1.82, 2.24) is 4.90 Å². The highest BCUT2D eigenvalue weighted by Crippen LogP contribution is 2.02. The van der Waals surface area contributed by atoms with Crippen molar-refractivity contribution in [3.8, 4) is 5.75 Å². The molecule has 1 aromatic rings. The third-order valence-corrected chi connectivity index (χ3v) is 1.97. The number of nitrogens with zero attached hydrogens (tertiary/aromatic N) is 1. The first-order chi connectivity index (χ1) is 7.16. The Morgan fingerprint density at radius 1 is 1.07 bits per heavy atom. The maximum absolute atomic E-state index is 8.63. The van der Waals surface area contributed by atoms with E-state index in [9.17, 15) is 0 Å².